The molecule has 0 bridgehead atoms. The van der Waals surface area contributed by atoms with E-state index in [1.54, 1.807) is 4.90 Å². The molecule has 0 aromatic carbocycles. The highest BCUT2D eigenvalue weighted by Crippen LogP contribution is 2.19. The van der Waals surface area contributed by atoms with Gasteiger partial charge in [0, 0.05) is 52.4 Å². The van der Waals surface area contributed by atoms with Crippen LogP contribution in [0.4, 0.5) is 4.79 Å². The third-order valence-electron chi connectivity index (χ3n) is 4.43. The molecule has 0 unspecified atom stereocenters. The number of nitrogens with one attached hydrogen (secondary N) is 1. The van der Waals surface area contributed by atoms with Gasteiger partial charge in [0.2, 0.25) is 5.91 Å². The van der Waals surface area contributed by atoms with Crippen molar-refractivity contribution in [2.75, 3.05) is 59.5 Å². The van der Waals surface area contributed by atoms with Crippen molar-refractivity contribution in [1.82, 2.24) is 20.0 Å². The minimum Gasteiger partial charge on any atom is -0.453 e. The maximum Gasteiger partial charge on any atom is 0.409 e. The Labute approximate surface area is 126 Å². The molecule has 7 heteroatoms. The van der Waals surface area contributed by atoms with Crippen LogP contribution >= 0.6 is 0 Å². The average Bonchev–Trinajstić information content (AvgIpc) is 2.54. The van der Waals surface area contributed by atoms with E-state index in [1.165, 1.54) is 7.11 Å². The average molecular weight is 298 g/mol. The van der Waals surface area contributed by atoms with Gasteiger partial charge in [-0.2, -0.15) is 0 Å². The summed E-state index contributed by atoms with van der Waals surface area (Å²) in [4.78, 5) is 30.0. The predicted octanol–water partition coefficient (Wildman–Crippen LogP) is -0.419. The highest BCUT2D eigenvalue weighted by atomic mass is 16.5. The number of hydrogen-bond donors (Lipinski definition) is 1. The summed E-state index contributed by atoms with van der Waals surface area (Å²) < 4.78 is 4.72. The van der Waals surface area contributed by atoms with Crippen molar-refractivity contribution < 1.29 is 14.3 Å². The van der Waals surface area contributed by atoms with Gasteiger partial charge in [-0.25, -0.2) is 4.79 Å². The second kappa shape index (κ2) is 6.62. The highest BCUT2D eigenvalue weighted by molar-refractivity contribution is 5.85. The third kappa shape index (κ3) is 3.47. The Kier molecular flexibility index (Phi) is 5.05. The molecule has 2 aliphatic heterocycles. The molecule has 21 heavy (non-hydrogen) atoms. The van der Waals surface area contributed by atoms with E-state index >= 15 is 0 Å². The number of carbonyl (C=O) groups is 2. The summed E-state index contributed by atoms with van der Waals surface area (Å²) in [5, 5.41) is 3.31. The first-order valence-corrected chi connectivity index (χ1v) is 7.55. The standard InChI is InChI=1S/C14H26N4O3/c1-14(2,18-6-4-15-5-7-18)12(19)16-8-10-17(11-9-16)13(20)21-3/h15H,4-11H2,1-3H3. The minimum absolute atomic E-state index is 0.147. The van der Waals surface area contributed by atoms with Crippen LogP contribution in [0.3, 0.4) is 0 Å². The molecule has 0 saturated carbocycles. The van der Waals surface area contributed by atoms with Crippen molar-refractivity contribution in [2.24, 2.45) is 0 Å². The monoisotopic (exact) mass is 298 g/mol. The first kappa shape index (κ1) is 16.0. The van der Waals surface area contributed by atoms with Crippen molar-refractivity contribution in [1.29, 1.82) is 0 Å². The summed E-state index contributed by atoms with van der Waals surface area (Å²) in [5.41, 5.74) is -0.491. The third-order valence-corrected chi connectivity index (χ3v) is 4.43. The lowest BCUT2D eigenvalue weighted by atomic mass is 9.99. The molecule has 0 spiro atoms. The van der Waals surface area contributed by atoms with Crippen LogP contribution in [0.2, 0.25) is 0 Å². The lowest BCUT2D eigenvalue weighted by Gasteiger charge is -2.44. The molecular formula is C14H26N4O3. The van der Waals surface area contributed by atoms with E-state index in [2.05, 4.69) is 10.2 Å². The lowest BCUT2D eigenvalue weighted by Crippen LogP contribution is -2.63. The maximum absolute atomic E-state index is 12.8. The van der Waals surface area contributed by atoms with Gasteiger partial charge in [-0.05, 0) is 13.8 Å². The van der Waals surface area contributed by atoms with Gasteiger partial charge < -0.3 is 19.9 Å². The van der Waals surface area contributed by atoms with E-state index in [9.17, 15) is 9.59 Å². The molecule has 0 aromatic rings. The highest BCUT2D eigenvalue weighted by Gasteiger charge is 2.39. The Morgan fingerprint density at radius 1 is 0.952 bits per heavy atom. The number of nitrogens with zero attached hydrogens (tertiary/aromatic N) is 3. The van der Waals surface area contributed by atoms with Crippen LogP contribution in [-0.2, 0) is 9.53 Å². The minimum atomic E-state index is -0.491. The molecular weight excluding hydrogens is 272 g/mol. The molecule has 2 aliphatic rings. The molecule has 0 aliphatic carbocycles. The van der Waals surface area contributed by atoms with Gasteiger partial charge in [0.05, 0.1) is 12.6 Å². The molecule has 2 saturated heterocycles. The second-order valence-corrected chi connectivity index (χ2v) is 6.05. The molecule has 7 nitrogen and oxygen atoms in total. The van der Waals surface area contributed by atoms with Gasteiger partial charge in [0.15, 0.2) is 0 Å². The van der Waals surface area contributed by atoms with Gasteiger partial charge >= 0.3 is 6.09 Å². The van der Waals surface area contributed by atoms with Crippen molar-refractivity contribution in [3.05, 3.63) is 0 Å². The van der Waals surface area contributed by atoms with E-state index < -0.39 is 5.54 Å². The normalized spacial score (nSPS) is 21.3. The van der Waals surface area contributed by atoms with Crippen LogP contribution in [0.5, 0.6) is 0 Å². The molecule has 2 fully saturated rings. The summed E-state index contributed by atoms with van der Waals surface area (Å²) in [7, 11) is 1.38. The maximum atomic E-state index is 12.8. The van der Waals surface area contributed by atoms with Crippen molar-refractivity contribution >= 4 is 12.0 Å². The Balaban J connectivity index is 1.92. The Morgan fingerprint density at radius 3 is 2.00 bits per heavy atom. The zero-order valence-electron chi connectivity index (χ0n) is 13.2. The first-order valence-electron chi connectivity index (χ1n) is 7.55. The molecule has 0 radical (unpaired) electrons. The molecule has 1 N–H and O–H groups in total. The number of piperazine rings is 2. The van der Waals surface area contributed by atoms with Gasteiger partial charge in [0.25, 0.3) is 0 Å². The van der Waals surface area contributed by atoms with E-state index in [1.807, 2.05) is 18.7 Å². The Morgan fingerprint density at radius 2 is 1.48 bits per heavy atom. The van der Waals surface area contributed by atoms with E-state index in [-0.39, 0.29) is 12.0 Å². The molecule has 2 heterocycles. The van der Waals surface area contributed by atoms with E-state index in [4.69, 9.17) is 4.74 Å². The van der Waals surface area contributed by atoms with E-state index in [0.29, 0.717) is 26.2 Å². The number of carbonyl (C=O) groups excluding carboxylic acids is 2. The fourth-order valence-electron chi connectivity index (χ4n) is 2.97. The van der Waals surface area contributed by atoms with Crippen molar-refractivity contribution in [3.63, 3.8) is 0 Å². The van der Waals surface area contributed by atoms with Gasteiger partial charge in [-0.15, -0.1) is 0 Å². The van der Waals surface area contributed by atoms with Gasteiger partial charge in [-0.1, -0.05) is 0 Å². The smallest absolute Gasteiger partial charge is 0.409 e. The molecule has 0 aromatic heterocycles. The Bertz CT molecular complexity index is 386. The Hall–Kier alpha value is -1.34. The molecule has 2 amide bonds. The van der Waals surface area contributed by atoms with Crippen LogP contribution < -0.4 is 5.32 Å². The number of methoxy groups -OCH3 is 1. The first-order chi connectivity index (χ1) is 9.96. The summed E-state index contributed by atoms with van der Waals surface area (Å²) in [6.45, 7) is 9.83. The zero-order chi connectivity index (χ0) is 15.5. The van der Waals surface area contributed by atoms with Gasteiger partial charge in [-0.3, -0.25) is 9.69 Å². The summed E-state index contributed by atoms with van der Waals surface area (Å²) in [6.07, 6.45) is -0.316. The SMILES string of the molecule is COC(=O)N1CCN(C(=O)C(C)(C)N2CCNCC2)CC1. The van der Waals surface area contributed by atoms with Crippen LogP contribution in [0.15, 0.2) is 0 Å². The number of ether oxygens (including phenoxy) is 1. The summed E-state index contributed by atoms with van der Waals surface area (Å²) in [6, 6.07) is 0. The zero-order valence-corrected chi connectivity index (χ0v) is 13.2. The topological polar surface area (TPSA) is 65.1 Å². The summed E-state index contributed by atoms with van der Waals surface area (Å²) in [5.74, 6) is 0.147. The molecule has 2 rings (SSSR count). The second-order valence-electron chi connectivity index (χ2n) is 6.05. The largest absolute Gasteiger partial charge is 0.453 e. The fourth-order valence-corrected chi connectivity index (χ4v) is 2.97. The van der Waals surface area contributed by atoms with Crippen LogP contribution in [-0.4, -0.2) is 91.7 Å². The van der Waals surface area contributed by atoms with Gasteiger partial charge in [0.1, 0.15) is 0 Å². The quantitative estimate of drug-likeness (QED) is 0.750. The predicted molar refractivity (Wildman–Crippen MR) is 79.1 cm³/mol. The molecule has 0 atom stereocenters. The van der Waals surface area contributed by atoms with Crippen LogP contribution in [0.1, 0.15) is 13.8 Å². The molecule has 120 valence electrons. The van der Waals surface area contributed by atoms with Crippen molar-refractivity contribution in [2.45, 2.75) is 19.4 Å². The number of amides is 2. The van der Waals surface area contributed by atoms with E-state index in [0.717, 1.165) is 26.2 Å². The van der Waals surface area contributed by atoms with Crippen LogP contribution in [0, 0.1) is 0 Å². The summed E-state index contributed by atoms with van der Waals surface area (Å²) >= 11 is 0. The van der Waals surface area contributed by atoms with Crippen molar-refractivity contribution in [3.8, 4) is 0 Å². The number of hydrogen-bond acceptors (Lipinski definition) is 5. The fraction of sp³-hybridized carbons (Fsp3) is 0.857. The lowest BCUT2D eigenvalue weighted by molar-refractivity contribution is -0.144. The number of rotatable bonds is 2. The van der Waals surface area contributed by atoms with Crippen LogP contribution in [0.25, 0.3) is 0 Å².